The molecule has 0 bridgehead atoms. The summed E-state index contributed by atoms with van der Waals surface area (Å²) in [6.45, 7) is 3.69. The molecule has 0 aliphatic carbocycles. The van der Waals surface area contributed by atoms with Gasteiger partial charge in [0.1, 0.15) is 9.90 Å². The van der Waals surface area contributed by atoms with Crippen LogP contribution in [0, 0.1) is 6.92 Å². The SMILES string of the molecule is CCOC(=O)c1sc(NC(=O)CSc2ccc(-c3cc(OC)c(OC)c(OC)c3)nn2)nc1C. The van der Waals surface area contributed by atoms with Crippen LogP contribution in [0.1, 0.15) is 22.3 Å². The van der Waals surface area contributed by atoms with Crippen molar-refractivity contribution in [1.29, 1.82) is 0 Å². The van der Waals surface area contributed by atoms with Gasteiger partial charge < -0.3 is 24.3 Å². The van der Waals surface area contributed by atoms with Gasteiger partial charge in [0.15, 0.2) is 16.6 Å². The Balaban J connectivity index is 1.63. The molecule has 10 nitrogen and oxygen atoms in total. The van der Waals surface area contributed by atoms with Gasteiger partial charge in [-0.25, -0.2) is 9.78 Å². The van der Waals surface area contributed by atoms with E-state index in [1.54, 1.807) is 52.3 Å². The second-order valence-corrected chi connectivity index (χ2v) is 8.66. The monoisotopic (exact) mass is 504 g/mol. The van der Waals surface area contributed by atoms with Crippen LogP contribution in [0.15, 0.2) is 29.3 Å². The standard InChI is InChI=1S/C22H24N4O6S2/c1-6-32-21(28)20-12(2)23-22(34-20)24-17(27)11-33-18-8-7-14(25-26-18)13-9-15(29-3)19(31-5)16(10-13)30-4/h7-10H,6,11H2,1-5H3,(H,23,24,27). The van der Waals surface area contributed by atoms with Gasteiger partial charge >= 0.3 is 5.97 Å². The van der Waals surface area contributed by atoms with Crippen LogP contribution in [0.2, 0.25) is 0 Å². The third kappa shape index (κ3) is 5.94. The topological polar surface area (TPSA) is 122 Å². The molecule has 2 aromatic heterocycles. The second-order valence-electron chi connectivity index (χ2n) is 6.66. The van der Waals surface area contributed by atoms with E-state index in [4.69, 9.17) is 18.9 Å². The minimum atomic E-state index is -0.449. The van der Waals surface area contributed by atoms with E-state index in [1.807, 2.05) is 0 Å². The van der Waals surface area contributed by atoms with Crippen LogP contribution in [-0.4, -0.2) is 60.7 Å². The molecule has 34 heavy (non-hydrogen) atoms. The fraction of sp³-hybridized carbons (Fsp3) is 0.318. The van der Waals surface area contributed by atoms with E-state index in [1.165, 1.54) is 18.9 Å². The van der Waals surface area contributed by atoms with Crippen molar-refractivity contribution >= 4 is 40.1 Å². The number of esters is 1. The molecule has 3 aromatic rings. The van der Waals surface area contributed by atoms with Crippen LogP contribution in [0.4, 0.5) is 5.13 Å². The summed E-state index contributed by atoms with van der Waals surface area (Å²) in [7, 11) is 4.63. The molecule has 0 aliphatic rings. The van der Waals surface area contributed by atoms with E-state index in [-0.39, 0.29) is 18.3 Å². The number of benzene rings is 1. The molecule has 0 saturated carbocycles. The highest BCUT2D eigenvalue weighted by atomic mass is 32.2. The van der Waals surface area contributed by atoms with E-state index >= 15 is 0 Å². The minimum Gasteiger partial charge on any atom is -0.493 e. The van der Waals surface area contributed by atoms with Crippen molar-refractivity contribution in [2.45, 2.75) is 18.9 Å². The average molecular weight is 505 g/mol. The number of carbonyl (C=O) groups is 2. The van der Waals surface area contributed by atoms with Crippen molar-refractivity contribution in [1.82, 2.24) is 15.2 Å². The normalized spacial score (nSPS) is 10.5. The number of rotatable bonds is 10. The van der Waals surface area contributed by atoms with Crippen molar-refractivity contribution in [2.24, 2.45) is 0 Å². The van der Waals surface area contributed by atoms with Crippen molar-refractivity contribution in [3.8, 4) is 28.5 Å². The van der Waals surface area contributed by atoms with Gasteiger partial charge in [0.25, 0.3) is 0 Å². The molecule has 2 heterocycles. The van der Waals surface area contributed by atoms with Gasteiger partial charge in [-0.1, -0.05) is 23.1 Å². The van der Waals surface area contributed by atoms with Crippen molar-refractivity contribution in [3.63, 3.8) is 0 Å². The Morgan fingerprint density at radius 2 is 1.76 bits per heavy atom. The number of thioether (sulfide) groups is 1. The second kappa shape index (κ2) is 11.7. The lowest BCUT2D eigenvalue weighted by Crippen LogP contribution is -2.14. The molecule has 0 spiro atoms. The van der Waals surface area contributed by atoms with Gasteiger partial charge in [-0.05, 0) is 38.1 Å². The lowest BCUT2D eigenvalue weighted by Gasteiger charge is -2.13. The largest absolute Gasteiger partial charge is 0.493 e. The summed E-state index contributed by atoms with van der Waals surface area (Å²) in [5.41, 5.74) is 1.87. The molecule has 1 amide bonds. The molecule has 0 radical (unpaired) electrons. The van der Waals surface area contributed by atoms with Gasteiger partial charge in [-0.3, -0.25) is 4.79 Å². The van der Waals surface area contributed by atoms with Crippen LogP contribution < -0.4 is 19.5 Å². The number of methoxy groups -OCH3 is 3. The van der Waals surface area contributed by atoms with Crippen LogP contribution >= 0.6 is 23.1 Å². The molecule has 0 saturated heterocycles. The van der Waals surface area contributed by atoms with Gasteiger partial charge in [-0.2, -0.15) is 0 Å². The highest BCUT2D eigenvalue weighted by Gasteiger charge is 2.18. The molecule has 0 unspecified atom stereocenters. The maximum atomic E-state index is 12.3. The Morgan fingerprint density at radius 1 is 1.06 bits per heavy atom. The van der Waals surface area contributed by atoms with Crippen molar-refractivity contribution in [3.05, 3.63) is 34.8 Å². The van der Waals surface area contributed by atoms with E-state index in [0.29, 0.717) is 43.7 Å². The lowest BCUT2D eigenvalue weighted by atomic mass is 10.1. The highest BCUT2D eigenvalue weighted by molar-refractivity contribution is 7.99. The van der Waals surface area contributed by atoms with E-state index < -0.39 is 5.97 Å². The number of amides is 1. The Morgan fingerprint density at radius 3 is 2.32 bits per heavy atom. The van der Waals surface area contributed by atoms with Crippen LogP contribution in [-0.2, 0) is 9.53 Å². The molecule has 12 heteroatoms. The summed E-state index contributed by atoms with van der Waals surface area (Å²) in [5, 5.41) is 12.1. The fourth-order valence-electron chi connectivity index (χ4n) is 2.91. The Hall–Kier alpha value is -3.38. The molecule has 3 rings (SSSR count). The zero-order chi connectivity index (χ0) is 24.7. The summed E-state index contributed by atoms with van der Waals surface area (Å²) >= 11 is 2.31. The Labute approximate surface area is 205 Å². The molecular weight excluding hydrogens is 480 g/mol. The molecular formula is C22H24N4O6S2. The number of aromatic nitrogens is 3. The number of nitrogens with zero attached hydrogens (tertiary/aromatic N) is 3. The molecule has 0 atom stereocenters. The van der Waals surface area contributed by atoms with Crippen LogP contribution in [0.25, 0.3) is 11.3 Å². The smallest absolute Gasteiger partial charge is 0.350 e. The number of hydrogen-bond acceptors (Lipinski definition) is 11. The van der Waals surface area contributed by atoms with E-state index in [0.717, 1.165) is 16.9 Å². The Bertz CT molecular complexity index is 1140. The first-order chi connectivity index (χ1) is 16.4. The van der Waals surface area contributed by atoms with Gasteiger partial charge in [-0.15, -0.1) is 10.2 Å². The van der Waals surface area contributed by atoms with E-state index in [9.17, 15) is 9.59 Å². The summed E-state index contributed by atoms with van der Waals surface area (Å²) in [4.78, 5) is 28.8. The third-order valence-corrected chi connectivity index (χ3v) is 6.43. The zero-order valence-electron chi connectivity index (χ0n) is 19.3. The summed E-state index contributed by atoms with van der Waals surface area (Å²) in [6, 6.07) is 7.14. The lowest BCUT2D eigenvalue weighted by molar-refractivity contribution is -0.113. The number of anilines is 1. The van der Waals surface area contributed by atoms with Gasteiger partial charge in [0.05, 0.1) is 45.1 Å². The highest BCUT2D eigenvalue weighted by Crippen LogP contribution is 2.40. The van der Waals surface area contributed by atoms with Crippen molar-refractivity contribution < 1.29 is 28.5 Å². The summed E-state index contributed by atoms with van der Waals surface area (Å²) < 4.78 is 21.1. The molecule has 0 fully saturated rings. The molecule has 1 N–H and O–H groups in total. The minimum absolute atomic E-state index is 0.103. The first-order valence-corrected chi connectivity index (χ1v) is 11.9. The first-order valence-electron chi connectivity index (χ1n) is 10.1. The summed E-state index contributed by atoms with van der Waals surface area (Å²) in [5.74, 6) is 0.893. The predicted octanol–water partition coefficient (Wildman–Crippen LogP) is 3.84. The number of hydrogen-bond donors (Lipinski definition) is 1. The number of aryl methyl sites for hydroxylation is 1. The predicted molar refractivity (Wildman–Crippen MR) is 129 cm³/mol. The van der Waals surface area contributed by atoms with Gasteiger partial charge in [0, 0.05) is 5.56 Å². The van der Waals surface area contributed by atoms with Crippen LogP contribution in [0.5, 0.6) is 17.2 Å². The quantitative estimate of drug-likeness (QED) is 0.322. The first kappa shape index (κ1) is 25.2. The average Bonchev–Trinajstić information content (AvgIpc) is 3.21. The number of nitrogens with one attached hydrogen (secondary N) is 1. The zero-order valence-corrected chi connectivity index (χ0v) is 21.0. The maximum Gasteiger partial charge on any atom is 0.350 e. The molecule has 180 valence electrons. The van der Waals surface area contributed by atoms with Crippen LogP contribution in [0.3, 0.4) is 0 Å². The number of ether oxygens (including phenoxy) is 4. The van der Waals surface area contributed by atoms with Crippen molar-refractivity contribution in [2.75, 3.05) is 39.0 Å². The number of carbonyl (C=O) groups excluding carboxylic acids is 2. The van der Waals surface area contributed by atoms with E-state index in [2.05, 4.69) is 20.5 Å². The van der Waals surface area contributed by atoms with Gasteiger partial charge in [0.2, 0.25) is 11.7 Å². The molecule has 0 aliphatic heterocycles. The molecule has 1 aromatic carbocycles. The maximum absolute atomic E-state index is 12.3. The third-order valence-electron chi connectivity index (χ3n) is 4.46. The summed E-state index contributed by atoms with van der Waals surface area (Å²) in [6.07, 6.45) is 0. The Kier molecular flexibility index (Phi) is 8.66. The fourth-order valence-corrected chi connectivity index (χ4v) is 4.40. The number of thiazole rings is 1.